The molecule has 1 aromatic carbocycles. The predicted molar refractivity (Wildman–Crippen MR) is 73.5 cm³/mol. The lowest BCUT2D eigenvalue weighted by Crippen LogP contribution is -2.29. The second kappa shape index (κ2) is 6.80. The number of methoxy groups -OCH3 is 2. The molecule has 1 rings (SSSR count). The maximum atomic E-state index is 10.6. The fraction of sp³-hybridized carbons (Fsp3) is 0.357. The van der Waals surface area contributed by atoms with Crippen LogP contribution in [-0.2, 0) is 4.79 Å². The van der Waals surface area contributed by atoms with Gasteiger partial charge in [-0.1, -0.05) is 12.2 Å². The Morgan fingerprint density at radius 1 is 1.37 bits per heavy atom. The van der Waals surface area contributed by atoms with Crippen LogP contribution in [0.3, 0.4) is 0 Å². The molecule has 0 amide bonds. The van der Waals surface area contributed by atoms with Crippen LogP contribution in [0.4, 0.5) is 0 Å². The summed E-state index contributed by atoms with van der Waals surface area (Å²) in [7, 11) is 3.18. The quantitative estimate of drug-likeness (QED) is 0.820. The highest BCUT2D eigenvalue weighted by molar-refractivity contribution is 5.73. The van der Waals surface area contributed by atoms with E-state index in [1.807, 2.05) is 19.1 Å². The van der Waals surface area contributed by atoms with E-state index in [1.54, 1.807) is 26.4 Å². The number of aliphatic carboxylic acids is 1. The molecule has 0 fully saturated rings. The number of benzene rings is 1. The number of hydrogen-bond acceptors (Lipinski definition) is 4. The molecule has 1 atom stereocenters. The molecule has 0 bridgehead atoms. The number of nitrogens with two attached hydrogens (primary N) is 1. The molecular weight excluding hydrogens is 246 g/mol. The minimum atomic E-state index is -1.02. The summed E-state index contributed by atoms with van der Waals surface area (Å²) in [5.74, 6) is 0.444. The third kappa shape index (κ3) is 3.99. The van der Waals surface area contributed by atoms with Gasteiger partial charge in [-0.2, -0.15) is 0 Å². The van der Waals surface area contributed by atoms with Crippen LogP contribution in [0.2, 0.25) is 0 Å². The SMILES string of the molecule is COc1cc(/C=C/CC(N)C(=O)O)c(OC)cc1C. The van der Waals surface area contributed by atoms with Crippen molar-refractivity contribution < 1.29 is 19.4 Å². The first-order valence-corrected chi connectivity index (χ1v) is 5.87. The number of hydrogen-bond donors (Lipinski definition) is 2. The molecule has 0 radical (unpaired) electrons. The molecule has 0 aliphatic rings. The maximum Gasteiger partial charge on any atom is 0.320 e. The molecule has 5 nitrogen and oxygen atoms in total. The largest absolute Gasteiger partial charge is 0.496 e. The Kier molecular flexibility index (Phi) is 5.38. The summed E-state index contributed by atoms with van der Waals surface area (Å²) >= 11 is 0. The maximum absolute atomic E-state index is 10.6. The standard InChI is InChI=1S/C14H19NO4/c1-9-7-13(19-3)10(8-12(9)18-2)5-4-6-11(15)14(16)17/h4-5,7-8,11H,6,15H2,1-3H3,(H,16,17)/b5-4+. The molecule has 104 valence electrons. The molecular formula is C14H19NO4. The van der Waals surface area contributed by atoms with Crippen LogP contribution in [0.5, 0.6) is 11.5 Å². The minimum Gasteiger partial charge on any atom is -0.496 e. The summed E-state index contributed by atoms with van der Waals surface area (Å²) in [6, 6.07) is 2.82. The van der Waals surface area contributed by atoms with E-state index < -0.39 is 12.0 Å². The van der Waals surface area contributed by atoms with Crippen LogP contribution >= 0.6 is 0 Å². The lowest BCUT2D eigenvalue weighted by molar-refractivity contribution is -0.138. The van der Waals surface area contributed by atoms with Gasteiger partial charge in [0.15, 0.2) is 0 Å². The Hall–Kier alpha value is -2.01. The average Bonchev–Trinajstić information content (AvgIpc) is 2.39. The lowest BCUT2D eigenvalue weighted by Gasteiger charge is -2.10. The van der Waals surface area contributed by atoms with Gasteiger partial charge < -0.3 is 20.3 Å². The number of carboxylic acid groups (broad SMARTS) is 1. The molecule has 0 saturated heterocycles. The fourth-order valence-electron chi connectivity index (χ4n) is 1.65. The summed E-state index contributed by atoms with van der Waals surface area (Å²) in [4.78, 5) is 10.6. The van der Waals surface area contributed by atoms with Crippen LogP contribution < -0.4 is 15.2 Å². The van der Waals surface area contributed by atoms with E-state index in [1.165, 1.54) is 0 Å². The first-order valence-electron chi connectivity index (χ1n) is 5.87. The van der Waals surface area contributed by atoms with Crippen LogP contribution in [0.25, 0.3) is 6.08 Å². The number of rotatable bonds is 6. The van der Waals surface area contributed by atoms with Gasteiger partial charge in [-0.25, -0.2) is 0 Å². The molecule has 0 aliphatic carbocycles. The molecule has 0 aliphatic heterocycles. The number of carboxylic acids is 1. The Morgan fingerprint density at radius 3 is 2.53 bits per heavy atom. The molecule has 1 aromatic rings. The zero-order chi connectivity index (χ0) is 14.4. The highest BCUT2D eigenvalue weighted by Crippen LogP contribution is 2.29. The topological polar surface area (TPSA) is 81.8 Å². The number of ether oxygens (including phenoxy) is 2. The van der Waals surface area contributed by atoms with Crippen molar-refractivity contribution in [3.8, 4) is 11.5 Å². The Morgan fingerprint density at radius 2 is 2.00 bits per heavy atom. The second-order valence-corrected chi connectivity index (χ2v) is 4.15. The number of aryl methyl sites for hydroxylation is 1. The van der Waals surface area contributed by atoms with Crippen molar-refractivity contribution >= 4 is 12.0 Å². The third-order valence-corrected chi connectivity index (χ3v) is 2.75. The van der Waals surface area contributed by atoms with Crippen molar-refractivity contribution in [3.63, 3.8) is 0 Å². The van der Waals surface area contributed by atoms with E-state index in [4.69, 9.17) is 20.3 Å². The molecule has 0 spiro atoms. The second-order valence-electron chi connectivity index (χ2n) is 4.15. The van der Waals surface area contributed by atoms with Gasteiger partial charge in [0.05, 0.1) is 14.2 Å². The first-order chi connectivity index (χ1) is 8.99. The lowest BCUT2D eigenvalue weighted by atomic mass is 10.1. The molecule has 0 heterocycles. The number of carbonyl (C=O) groups is 1. The monoisotopic (exact) mass is 265 g/mol. The van der Waals surface area contributed by atoms with Gasteiger partial charge in [0.1, 0.15) is 17.5 Å². The minimum absolute atomic E-state index is 0.259. The van der Waals surface area contributed by atoms with Crippen molar-refractivity contribution in [3.05, 3.63) is 29.3 Å². The molecule has 0 aromatic heterocycles. The average molecular weight is 265 g/mol. The van der Waals surface area contributed by atoms with Crippen LogP contribution in [0.15, 0.2) is 18.2 Å². The van der Waals surface area contributed by atoms with Gasteiger partial charge >= 0.3 is 5.97 Å². The smallest absolute Gasteiger partial charge is 0.320 e. The molecule has 0 saturated carbocycles. The van der Waals surface area contributed by atoms with E-state index in [-0.39, 0.29) is 6.42 Å². The summed E-state index contributed by atoms with van der Waals surface area (Å²) in [5, 5.41) is 8.69. The van der Waals surface area contributed by atoms with Crippen LogP contribution in [0, 0.1) is 6.92 Å². The fourth-order valence-corrected chi connectivity index (χ4v) is 1.65. The molecule has 3 N–H and O–H groups in total. The van der Waals surface area contributed by atoms with Crippen LogP contribution in [-0.4, -0.2) is 31.3 Å². The Bertz CT molecular complexity index is 483. The van der Waals surface area contributed by atoms with Crippen molar-refractivity contribution in [2.45, 2.75) is 19.4 Å². The normalized spacial score (nSPS) is 12.4. The van der Waals surface area contributed by atoms with Gasteiger partial charge in [-0.05, 0) is 31.0 Å². The van der Waals surface area contributed by atoms with Gasteiger partial charge in [-0.15, -0.1) is 0 Å². The summed E-state index contributed by atoms with van der Waals surface area (Å²) in [5.41, 5.74) is 7.22. The van der Waals surface area contributed by atoms with Crippen molar-refractivity contribution in [1.82, 2.24) is 0 Å². The van der Waals surface area contributed by atoms with Gasteiger partial charge in [-0.3, -0.25) is 4.79 Å². The predicted octanol–water partition coefficient (Wildman–Crippen LogP) is 1.83. The summed E-state index contributed by atoms with van der Waals surface area (Å²) in [6.45, 7) is 1.93. The van der Waals surface area contributed by atoms with Gasteiger partial charge in [0.25, 0.3) is 0 Å². The van der Waals surface area contributed by atoms with Gasteiger partial charge in [0, 0.05) is 5.56 Å². The third-order valence-electron chi connectivity index (χ3n) is 2.75. The van der Waals surface area contributed by atoms with E-state index in [0.29, 0.717) is 5.75 Å². The molecule has 1 unspecified atom stereocenters. The van der Waals surface area contributed by atoms with Gasteiger partial charge in [0.2, 0.25) is 0 Å². The highest BCUT2D eigenvalue weighted by Gasteiger charge is 2.09. The zero-order valence-electron chi connectivity index (χ0n) is 11.3. The van der Waals surface area contributed by atoms with E-state index >= 15 is 0 Å². The highest BCUT2D eigenvalue weighted by atomic mass is 16.5. The molecule has 19 heavy (non-hydrogen) atoms. The van der Waals surface area contributed by atoms with Crippen molar-refractivity contribution in [1.29, 1.82) is 0 Å². The van der Waals surface area contributed by atoms with E-state index in [2.05, 4.69) is 0 Å². The van der Waals surface area contributed by atoms with Crippen molar-refractivity contribution in [2.75, 3.05) is 14.2 Å². The summed E-state index contributed by atoms with van der Waals surface area (Å²) < 4.78 is 10.5. The van der Waals surface area contributed by atoms with E-state index in [0.717, 1.165) is 16.9 Å². The Balaban J connectivity index is 2.93. The van der Waals surface area contributed by atoms with E-state index in [9.17, 15) is 4.79 Å². The zero-order valence-corrected chi connectivity index (χ0v) is 11.3. The van der Waals surface area contributed by atoms with Crippen molar-refractivity contribution in [2.24, 2.45) is 5.73 Å². The Labute approximate surface area is 112 Å². The van der Waals surface area contributed by atoms with Crippen LogP contribution in [0.1, 0.15) is 17.5 Å². The first kappa shape index (κ1) is 15.0. The molecule has 5 heteroatoms. The summed E-state index contributed by atoms with van der Waals surface area (Å²) in [6.07, 6.45) is 3.75.